The Morgan fingerprint density at radius 1 is 1.10 bits per heavy atom. The van der Waals surface area contributed by atoms with Crippen LogP contribution in [0.1, 0.15) is 66.7 Å². The van der Waals surface area contributed by atoms with E-state index in [-0.39, 0.29) is 28.4 Å². The van der Waals surface area contributed by atoms with Crippen molar-refractivity contribution in [3.05, 3.63) is 34.9 Å². The summed E-state index contributed by atoms with van der Waals surface area (Å²) in [5.74, 6) is -0.893. The van der Waals surface area contributed by atoms with Gasteiger partial charge in [-0.1, -0.05) is 32.1 Å². The largest absolute Gasteiger partial charge is 0.481 e. The third-order valence-corrected chi connectivity index (χ3v) is 8.67. The Morgan fingerprint density at radius 3 is 2.37 bits per heavy atom. The number of carbonyl (C=O) groups excluding carboxylic acids is 2. The molecule has 0 aromatic carbocycles. The van der Waals surface area contributed by atoms with Gasteiger partial charge in [0.1, 0.15) is 6.29 Å². The van der Waals surface area contributed by atoms with Gasteiger partial charge in [0.05, 0.1) is 11.5 Å². The molecule has 0 bridgehead atoms. The fraction of sp³-hybridized carbons (Fsp3) is 0.640. The predicted octanol–water partition coefficient (Wildman–Crippen LogP) is 4.26. The molecule has 2 N–H and O–H groups in total. The van der Waals surface area contributed by atoms with E-state index in [2.05, 4.69) is 13.8 Å². The summed E-state index contributed by atoms with van der Waals surface area (Å²) in [6, 6.07) is 0. The van der Waals surface area contributed by atoms with Crippen LogP contribution >= 0.6 is 0 Å². The summed E-state index contributed by atoms with van der Waals surface area (Å²) in [5.41, 5.74) is 0.585. The number of aliphatic hydroxyl groups excluding tert-OH is 1. The number of carboxylic acids is 1. The van der Waals surface area contributed by atoms with Crippen LogP contribution in [0, 0.1) is 28.1 Å². The summed E-state index contributed by atoms with van der Waals surface area (Å²) < 4.78 is 0. The van der Waals surface area contributed by atoms with Gasteiger partial charge in [0, 0.05) is 17.4 Å². The smallest absolute Gasteiger partial charge is 0.312 e. The molecule has 0 heterocycles. The Kier molecular flexibility index (Phi) is 5.74. The van der Waals surface area contributed by atoms with Crippen LogP contribution in [-0.4, -0.2) is 34.4 Å². The molecule has 0 aliphatic heterocycles. The number of aliphatic hydroxyl groups is 1. The zero-order valence-electron chi connectivity index (χ0n) is 18.7. The summed E-state index contributed by atoms with van der Waals surface area (Å²) >= 11 is 0. The number of aliphatic carboxylic acids is 1. The van der Waals surface area contributed by atoms with E-state index in [1.807, 2.05) is 19.1 Å². The standard InChI is InChI=1S/C25H34O5/c1-15(14-26)7-6-8-16(2)21-17(27)13-19-23(3)12-10-20(28)25(5,22(29)30)18(23)9-11-24(19,21)4/h6-8,14,18-20,28H,9-13H2,1-5H3,(H,29,30)/b8-6+,15-7+,21-16+/t18?,19-,20?,23-,24?,25+/m0/s1. The van der Waals surface area contributed by atoms with E-state index in [4.69, 9.17) is 0 Å². The monoisotopic (exact) mass is 414 g/mol. The lowest BCUT2D eigenvalue weighted by molar-refractivity contribution is -0.194. The molecule has 6 atom stereocenters. The molecule has 0 aromatic heterocycles. The summed E-state index contributed by atoms with van der Waals surface area (Å²) in [4.78, 5) is 36.2. The predicted molar refractivity (Wildman–Crippen MR) is 115 cm³/mol. The summed E-state index contributed by atoms with van der Waals surface area (Å²) in [5, 5.41) is 20.6. The third kappa shape index (κ3) is 3.13. The van der Waals surface area contributed by atoms with Gasteiger partial charge in [-0.05, 0) is 74.9 Å². The molecule has 5 heteroatoms. The van der Waals surface area contributed by atoms with Gasteiger partial charge in [0.25, 0.3) is 0 Å². The number of Topliss-reactive ketones (excluding diaryl/α,β-unsaturated/α-hetero) is 1. The van der Waals surface area contributed by atoms with Crippen molar-refractivity contribution in [3.63, 3.8) is 0 Å². The van der Waals surface area contributed by atoms with Gasteiger partial charge in [-0.2, -0.15) is 0 Å². The zero-order chi connectivity index (χ0) is 22.5. The molecular weight excluding hydrogens is 380 g/mol. The van der Waals surface area contributed by atoms with E-state index in [1.54, 1.807) is 19.9 Å². The van der Waals surface area contributed by atoms with Crippen molar-refractivity contribution in [1.82, 2.24) is 0 Å². The van der Waals surface area contributed by atoms with Crippen LogP contribution in [0.5, 0.6) is 0 Å². The average molecular weight is 415 g/mol. The van der Waals surface area contributed by atoms with Gasteiger partial charge in [-0.3, -0.25) is 14.4 Å². The minimum Gasteiger partial charge on any atom is -0.481 e. The SMILES string of the molecule is CC(/C=C/C=C(\C)C=O)=C1/C(=O)C[C@@H]2C1(C)CCC1[C@@](C)(C(=O)O)C(O)CC[C@@]12C. The molecule has 3 unspecified atom stereocenters. The Balaban J connectivity index is 2.04. The molecular formula is C25H34O5. The maximum Gasteiger partial charge on any atom is 0.312 e. The molecule has 3 fully saturated rings. The highest BCUT2D eigenvalue weighted by Gasteiger charge is 2.67. The molecule has 3 aliphatic rings. The number of fused-ring (bicyclic) bond motifs is 3. The van der Waals surface area contributed by atoms with Crippen LogP contribution in [-0.2, 0) is 14.4 Å². The summed E-state index contributed by atoms with van der Waals surface area (Å²) in [7, 11) is 0. The number of hydrogen-bond acceptors (Lipinski definition) is 4. The number of hydrogen-bond donors (Lipinski definition) is 2. The zero-order valence-corrected chi connectivity index (χ0v) is 18.7. The minimum absolute atomic E-state index is 0.0630. The topological polar surface area (TPSA) is 91.7 Å². The van der Waals surface area contributed by atoms with Crippen molar-refractivity contribution in [2.24, 2.45) is 28.1 Å². The van der Waals surface area contributed by atoms with Crippen LogP contribution < -0.4 is 0 Å². The van der Waals surface area contributed by atoms with Crippen molar-refractivity contribution in [3.8, 4) is 0 Å². The lowest BCUT2D eigenvalue weighted by atomic mass is 9.43. The third-order valence-electron chi connectivity index (χ3n) is 8.67. The highest BCUT2D eigenvalue weighted by atomic mass is 16.4. The van der Waals surface area contributed by atoms with Crippen molar-refractivity contribution in [2.45, 2.75) is 72.8 Å². The van der Waals surface area contributed by atoms with E-state index >= 15 is 0 Å². The number of carboxylic acid groups (broad SMARTS) is 1. The first-order valence-electron chi connectivity index (χ1n) is 10.9. The molecule has 0 aromatic rings. The molecule has 3 rings (SSSR count). The fourth-order valence-electron chi connectivity index (χ4n) is 7.02. The van der Waals surface area contributed by atoms with Gasteiger partial charge in [0.15, 0.2) is 5.78 Å². The Bertz CT molecular complexity index is 865. The molecule has 0 spiro atoms. The molecule has 0 amide bonds. The Labute approximate surface area is 178 Å². The van der Waals surface area contributed by atoms with Crippen LogP contribution in [0.4, 0.5) is 0 Å². The number of carbonyl (C=O) groups is 3. The van der Waals surface area contributed by atoms with Gasteiger partial charge < -0.3 is 10.2 Å². The lowest BCUT2D eigenvalue weighted by Crippen LogP contribution is -2.61. The molecule has 0 saturated heterocycles. The highest BCUT2D eigenvalue weighted by Crippen LogP contribution is 2.69. The lowest BCUT2D eigenvalue weighted by Gasteiger charge is -2.61. The van der Waals surface area contributed by atoms with Crippen molar-refractivity contribution in [1.29, 1.82) is 0 Å². The first kappa shape index (κ1) is 22.7. The molecule has 164 valence electrons. The number of ketones is 1. The average Bonchev–Trinajstić information content (AvgIpc) is 2.96. The highest BCUT2D eigenvalue weighted by molar-refractivity contribution is 6.01. The van der Waals surface area contributed by atoms with Crippen molar-refractivity contribution >= 4 is 18.0 Å². The fourth-order valence-corrected chi connectivity index (χ4v) is 7.02. The first-order chi connectivity index (χ1) is 13.9. The van der Waals surface area contributed by atoms with Crippen LogP contribution in [0.15, 0.2) is 34.9 Å². The van der Waals surface area contributed by atoms with E-state index in [0.717, 1.165) is 30.3 Å². The van der Waals surface area contributed by atoms with E-state index in [1.165, 1.54) is 0 Å². The minimum atomic E-state index is -1.18. The number of aldehydes is 1. The van der Waals surface area contributed by atoms with E-state index < -0.39 is 17.5 Å². The van der Waals surface area contributed by atoms with Crippen LogP contribution in [0.2, 0.25) is 0 Å². The number of rotatable bonds is 4. The molecule has 3 aliphatic carbocycles. The van der Waals surface area contributed by atoms with Crippen molar-refractivity contribution in [2.75, 3.05) is 0 Å². The second-order valence-corrected chi connectivity index (χ2v) is 10.3. The molecule has 30 heavy (non-hydrogen) atoms. The second kappa shape index (κ2) is 7.60. The van der Waals surface area contributed by atoms with Crippen molar-refractivity contribution < 1.29 is 24.6 Å². The quantitative estimate of drug-likeness (QED) is 0.407. The summed E-state index contributed by atoms with van der Waals surface area (Å²) in [6.07, 6.45) is 8.41. The molecule has 5 nitrogen and oxygen atoms in total. The maximum absolute atomic E-state index is 13.2. The molecule has 3 saturated carbocycles. The van der Waals surface area contributed by atoms with E-state index in [9.17, 15) is 24.6 Å². The van der Waals surface area contributed by atoms with Crippen LogP contribution in [0.25, 0.3) is 0 Å². The normalized spacial score (nSPS) is 43.3. The summed E-state index contributed by atoms with van der Waals surface area (Å²) in [6.45, 7) is 9.67. The first-order valence-corrected chi connectivity index (χ1v) is 10.9. The van der Waals surface area contributed by atoms with Gasteiger partial charge >= 0.3 is 5.97 Å². The van der Waals surface area contributed by atoms with Gasteiger partial charge in [0.2, 0.25) is 0 Å². The Morgan fingerprint density at radius 2 is 1.77 bits per heavy atom. The van der Waals surface area contributed by atoms with Gasteiger partial charge in [-0.15, -0.1) is 0 Å². The second-order valence-electron chi connectivity index (χ2n) is 10.3. The van der Waals surface area contributed by atoms with E-state index in [0.29, 0.717) is 24.8 Å². The number of allylic oxidation sites excluding steroid dienone is 6. The van der Waals surface area contributed by atoms with Crippen LogP contribution in [0.3, 0.4) is 0 Å². The Hall–Kier alpha value is -2.01. The van der Waals surface area contributed by atoms with Gasteiger partial charge in [-0.25, -0.2) is 0 Å². The molecule has 0 radical (unpaired) electrons. The maximum atomic E-state index is 13.2.